The summed E-state index contributed by atoms with van der Waals surface area (Å²) in [4.78, 5) is 7.05. The quantitative estimate of drug-likeness (QED) is 0.851. The van der Waals surface area contributed by atoms with Crippen molar-refractivity contribution in [3.8, 4) is 0 Å². The van der Waals surface area contributed by atoms with E-state index in [1.807, 2.05) is 25.1 Å². The molecule has 1 saturated carbocycles. The monoisotopic (exact) mass is 253 g/mol. The van der Waals surface area contributed by atoms with E-state index in [1.165, 1.54) is 18.4 Å². The van der Waals surface area contributed by atoms with Crippen LogP contribution in [0, 0.1) is 6.92 Å². The normalized spacial score (nSPS) is 14.4. The number of benzene rings is 1. The van der Waals surface area contributed by atoms with Crippen LogP contribution in [0.3, 0.4) is 0 Å². The third kappa shape index (κ3) is 2.87. The van der Waals surface area contributed by atoms with E-state index < -0.39 is 0 Å². The van der Waals surface area contributed by atoms with Gasteiger partial charge in [0.2, 0.25) is 0 Å². The van der Waals surface area contributed by atoms with Crippen LogP contribution in [0.1, 0.15) is 24.1 Å². The van der Waals surface area contributed by atoms with Crippen molar-refractivity contribution in [1.82, 2.24) is 4.98 Å². The summed E-state index contributed by atoms with van der Waals surface area (Å²) in [5.41, 5.74) is 8.90. The van der Waals surface area contributed by atoms with E-state index in [0.29, 0.717) is 6.04 Å². The van der Waals surface area contributed by atoms with Gasteiger partial charge in [0, 0.05) is 24.0 Å². The van der Waals surface area contributed by atoms with Crippen molar-refractivity contribution >= 4 is 11.5 Å². The average Bonchev–Trinajstić information content (AvgIpc) is 3.22. The Balaban J connectivity index is 1.83. The predicted molar refractivity (Wildman–Crippen MR) is 79.0 cm³/mol. The summed E-state index contributed by atoms with van der Waals surface area (Å²) in [5.74, 6) is 1.08. The first-order chi connectivity index (χ1) is 9.22. The van der Waals surface area contributed by atoms with Gasteiger partial charge in [0.25, 0.3) is 0 Å². The fourth-order valence-corrected chi connectivity index (χ4v) is 2.29. The van der Waals surface area contributed by atoms with Crippen LogP contribution in [0.5, 0.6) is 0 Å². The molecule has 0 atom stereocenters. The van der Waals surface area contributed by atoms with Crippen LogP contribution in [0.15, 0.2) is 42.5 Å². The van der Waals surface area contributed by atoms with Crippen molar-refractivity contribution < 1.29 is 0 Å². The third-order valence-electron chi connectivity index (χ3n) is 3.49. The SMILES string of the molecule is Cc1cccc(N(Cc2ccc(N)cc2)C2CC2)n1. The fraction of sp³-hybridized carbons (Fsp3) is 0.312. The maximum atomic E-state index is 5.73. The molecule has 0 spiro atoms. The number of nitrogens with two attached hydrogens (primary N) is 1. The standard InChI is InChI=1S/C16H19N3/c1-12-3-2-4-16(18-12)19(15-9-10-15)11-13-5-7-14(17)8-6-13/h2-8,15H,9-11,17H2,1H3. The second-order valence-electron chi connectivity index (χ2n) is 5.24. The minimum Gasteiger partial charge on any atom is -0.399 e. The highest BCUT2D eigenvalue weighted by Gasteiger charge is 2.29. The molecule has 2 N–H and O–H groups in total. The molecule has 0 aliphatic heterocycles. The topological polar surface area (TPSA) is 42.1 Å². The average molecular weight is 253 g/mol. The van der Waals surface area contributed by atoms with E-state index in [0.717, 1.165) is 23.7 Å². The number of rotatable bonds is 4. The largest absolute Gasteiger partial charge is 0.399 e. The third-order valence-corrected chi connectivity index (χ3v) is 3.49. The molecule has 1 heterocycles. The Kier molecular flexibility index (Phi) is 3.11. The fourth-order valence-electron chi connectivity index (χ4n) is 2.29. The van der Waals surface area contributed by atoms with Gasteiger partial charge in [-0.05, 0) is 49.6 Å². The number of nitrogens with zero attached hydrogens (tertiary/aromatic N) is 2. The molecule has 2 aromatic rings. The predicted octanol–water partition coefficient (Wildman–Crippen LogP) is 3.14. The summed E-state index contributed by atoms with van der Waals surface area (Å²) >= 11 is 0. The van der Waals surface area contributed by atoms with Crippen molar-refractivity contribution in [1.29, 1.82) is 0 Å². The van der Waals surface area contributed by atoms with Gasteiger partial charge in [-0.2, -0.15) is 0 Å². The first-order valence-electron chi connectivity index (χ1n) is 6.77. The maximum Gasteiger partial charge on any atom is 0.129 e. The van der Waals surface area contributed by atoms with Crippen molar-refractivity contribution in [3.63, 3.8) is 0 Å². The lowest BCUT2D eigenvalue weighted by atomic mass is 10.2. The van der Waals surface area contributed by atoms with Crippen LogP contribution in [0.4, 0.5) is 11.5 Å². The van der Waals surface area contributed by atoms with Gasteiger partial charge in [-0.3, -0.25) is 0 Å². The second kappa shape index (κ2) is 4.92. The van der Waals surface area contributed by atoms with Gasteiger partial charge in [0.15, 0.2) is 0 Å². The van der Waals surface area contributed by atoms with Gasteiger partial charge < -0.3 is 10.6 Å². The van der Waals surface area contributed by atoms with Crippen LogP contribution in [0.25, 0.3) is 0 Å². The molecule has 19 heavy (non-hydrogen) atoms. The number of hydrogen-bond donors (Lipinski definition) is 1. The summed E-state index contributed by atoms with van der Waals surface area (Å²) in [6.45, 7) is 2.94. The first-order valence-corrected chi connectivity index (χ1v) is 6.77. The Morgan fingerprint density at radius 1 is 1.16 bits per heavy atom. The van der Waals surface area contributed by atoms with Gasteiger partial charge in [-0.15, -0.1) is 0 Å². The molecule has 3 heteroatoms. The summed E-state index contributed by atoms with van der Waals surface area (Å²) in [7, 11) is 0. The second-order valence-corrected chi connectivity index (χ2v) is 5.24. The van der Waals surface area contributed by atoms with E-state index in [2.05, 4.69) is 34.1 Å². The Bertz CT molecular complexity index is 558. The van der Waals surface area contributed by atoms with Crippen molar-refractivity contribution in [3.05, 3.63) is 53.7 Å². The molecule has 3 nitrogen and oxygen atoms in total. The summed E-state index contributed by atoms with van der Waals surface area (Å²) < 4.78 is 0. The minimum atomic E-state index is 0.645. The molecule has 1 aliphatic rings. The van der Waals surface area contributed by atoms with Crippen molar-refractivity contribution in [2.45, 2.75) is 32.4 Å². The summed E-state index contributed by atoms with van der Waals surface area (Å²) in [6, 6.07) is 15.0. The molecule has 1 aromatic heterocycles. The van der Waals surface area contributed by atoms with E-state index in [4.69, 9.17) is 5.73 Å². The minimum absolute atomic E-state index is 0.645. The number of aromatic nitrogens is 1. The van der Waals surface area contributed by atoms with E-state index in [1.54, 1.807) is 0 Å². The molecule has 98 valence electrons. The molecule has 1 aliphatic carbocycles. The Morgan fingerprint density at radius 3 is 2.53 bits per heavy atom. The number of pyridine rings is 1. The highest BCUT2D eigenvalue weighted by Crippen LogP contribution is 2.32. The summed E-state index contributed by atoms with van der Waals surface area (Å²) in [5, 5.41) is 0. The van der Waals surface area contributed by atoms with Gasteiger partial charge in [0.1, 0.15) is 5.82 Å². The molecule has 1 fully saturated rings. The molecule has 1 aromatic carbocycles. The van der Waals surface area contributed by atoms with Crippen molar-refractivity contribution in [2.75, 3.05) is 10.6 Å². The zero-order chi connectivity index (χ0) is 13.2. The number of aryl methyl sites for hydroxylation is 1. The Hall–Kier alpha value is -2.03. The number of anilines is 2. The molecule has 3 rings (SSSR count). The number of hydrogen-bond acceptors (Lipinski definition) is 3. The van der Waals surface area contributed by atoms with Gasteiger partial charge in [0.05, 0.1) is 0 Å². The Labute approximate surface area is 114 Å². The van der Waals surface area contributed by atoms with Crippen LogP contribution >= 0.6 is 0 Å². The maximum absolute atomic E-state index is 5.73. The Morgan fingerprint density at radius 2 is 1.89 bits per heavy atom. The highest BCUT2D eigenvalue weighted by molar-refractivity contribution is 5.45. The molecule has 0 radical (unpaired) electrons. The molecular weight excluding hydrogens is 234 g/mol. The molecule has 0 bridgehead atoms. The summed E-state index contributed by atoms with van der Waals surface area (Å²) in [6.07, 6.45) is 2.54. The molecule has 0 unspecified atom stereocenters. The molecular formula is C16H19N3. The molecule has 0 amide bonds. The van der Waals surface area contributed by atoms with Gasteiger partial charge in [-0.25, -0.2) is 4.98 Å². The van der Waals surface area contributed by atoms with Crippen LogP contribution < -0.4 is 10.6 Å². The van der Waals surface area contributed by atoms with Crippen LogP contribution in [0.2, 0.25) is 0 Å². The van der Waals surface area contributed by atoms with Crippen LogP contribution in [-0.4, -0.2) is 11.0 Å². The van der Waals surface area contributed by atoms with E-state index in [-0.39, 0.29) is 0 Å². The van der Waals surface area contributed by atoms with E-state index in [9.17, 15) is 0 Å². The lowest BCUT2D eigenvalue weighted by molar-refractivity contribution is 0.776. The lowest BCUT2D eigenvalue weighted by Crippen LogP contribution is -2.26. The zero-order valence-electron chi connectivity index (χ0n) is 11.2. The molecule has 0 saturated heterocycles. The zero-order valence-corrected chi connectivity index (χ0v) is 11.2. The van der Waals surface area contributed by atoms with E-state index >= 15 is 0 Å². The van der Waals surface area contributed by atoms with Crippen molar-refractivity contribution in [2.24, 2.45) is 0 Å². The van der Waals surface area contributed by atoms with Gasteiger partial charge >= 0.3 is 0 Å². The highest BCUT2D eigenvalue weighted by atomic mass is 15.2. The number of nitrogen functional groups attached to an aromatic ring is 1. The first kappa shape index (κ1) is 12.0. The van der Waals surface area contributed by atoms with Gasteiger partial charge in [-0.1, -0.05) is 18.2 Å². The lowest BCUT2D eigenvalue weighted by Gasteiger charge is -2.24. The van der Waals surface area contributed by atoms with Crippen LogP contribution in [-0.2, 0) is 6.54 Å². The smallest absolute Gasteiger partial charge is 0.129 e.